The van der Waals surface area contributed by atoms with Crippen LogP contribution in [0.3, 0.4) is 0 Å². The number of piperidine rings is 2. The van der Waals surface area contributed by atoms with Crippen LogP contribution in [0.2, 0.25) is 0 Å². The summed E-state index contributed by atoms with van der Waals surface area (Å²) in [6.45, 7) is 5.01. The van der Waals surface area contributed by atoms with Crippen molar-refractivity contribution >= 4 is 5.69 Å². The van der Waals surface area contributed by atoms with Gasteiger partial charge in [0.15, 0.2) is 0 Å². The standard InChI is InChI=1S/C27H31N3O2/c31-26-19-25(32-20-22-5-2-1-3-6-22)11-16-30(26)24-9-7-23(8-10-24)29-17-13-27(14-18-29)12-4-15-28-21-27/h1-3,5-11,16,19,28H,4,12-15,17-18,20-21H2. The summed E-state index contributed by atoms with van der Waals surface area (Å²) < 4.78 is 7.45. The van der Waals surface area contributed by atoms with Gasteiger partial charge in [0.1, 0.15) is 12.4 Å². The molecule has 0 atom stereocenters. The summed E-state index contributed by atoms with van der Waals surface area (Å²) in [7, 11) is 0. The zero-order valence-corrected chi connectivity index (χ0v) is 18.5. The molecule has 0 saturated carbocycles. The third kappa shape index (κ3) is 4.58. The van der Waals surface area contributed by atoms with Gasteiger partial charge in [-0.15, -0.1) is 0 Å². The number of ether oxygens (including phenoxy) is 1. The van der Waals surface area contributed by atoms with Gasteiger partial charge in [-0.3, -0.25) is 9.36 Å². The molecular weight excluding hydrogens is 398 g/mol. The van der Waals surface area contributed by atoms with Crippen molar-refractivity contribution < 1.29 is 4.74 Å². The third-order valence-electron chi connectivity index (χ3n) is 7.02. The maximum Gasteiger partial charge on any atom is 0.258 e. The van der Waals surface area contributed by atoms with Crippen LogP contribution in [0.25, 0.3) is 5.69 Å². The van der Waals surface area contributed by atoms with Gasteiger partial charge in [-0.05, 0) is 73.5 Å². The van der Waals surface area contributed by atoms with E-state index in [4.69, 9.17) is 4.74 Å². The number of anilines is 1. The second-order valence-corrected chi connectivity index (χ2v) is 9.13. The maximum absolute atomic E-state index is 12.7. The molecule has 0 bridgehead atoms. The minimum Gasteiger partial charge on any atom is -0.489 e. The Labute approximate surface area is 189 Å². The molecule has 2 aliphatic heterocycles. The van der Waals surface area contributed by atoms with Crippen molar-refractivity contribution in [3.63, 3.8) is 0 Å². The number of pyridine rings is 1. The number of hydrogen-bond donors (Lipinski definition) is 1. The molecule has 1 N–H and O–H groups in total. The van der Waals surface area contributed by atoms with E-state index in [0.29, 0.717) is 17.8 Å². The van der Waals surface area contributed by atoms with Crippen LogP contribution in [0.1, 0.15) is 31.2 Å². The molecule has 2 aromatic carbocycles. The summed E-state index contributed by atoms with van der Waals surface area (Å²) in [5, 5.41) is 3.59. The molecule has 2 fully saturated rings. The lowest BCUT2D eigenvalue weighted by Gasteiger charge is -2.45. The van der Waals surface area contributed by atoms with Crippen LogP contribution >= 0.6 is 0 Å². The van der Waals surface area contributed by atoms with Gasteiger partial charge in [-0.2, -0.15) is 0 Å². The van der Waals surface area contributed by atoms with Gasteiger partial charge < -0.3 is 15.0 Å². The van der Waals surface area contributed by atoms with Crippen molar-refractivity contribution in [2.24, 2.45) is 5.41 Å². The lowest BCUT2D eigenvalue weighted by Crippen LogP contribution is -2.48. The minimum absolute atomic E-state index is 0.0898. The fourth-order valence-corrected chi connectivity index (χ4v) is 5.03. The van der Waals surface area contributed by atoms with E-state index >= 15 is 0 Å². The summed E-state index contributed by atoms with van der Waals surface area (Å²) in [5.41, 5.74) is 3.61. The molecule has 32 heavy (non-hydrogen) atoms. The first-order chi connectivity index (χ1) is 15.7. The molecule has 3 aromatic rings. The van der Waals surface area contributed by atoms with Crippen LogP contribution < -0.4 is 20.5 Å². The zero-order chi connectivity index (χ0) is 21.8. The van der Waals surface area contributed by atoms with Crippen molar-refractivity contribution in [2.45, 2.75) is 32.3 Å². The Kier molecular flexibility index (Phi) is 5.99. The normalized spacial score (nSPS) is 17.9. The molecule has 1 spiro atoms. The summed E-state index contributed by atoms with van der Waals surface area (Å²) >= 11 is 0. The van der Waals surface area contributed by atoms with Crippen LogP contribution in [0.4, 0.5) is 5.69 Å². The number of rotatable bonds is 5. The van der Waals surface area contributed by atoms with Gasteiger partial charge in [0.2, 0.25) is 0 Å². The van der Waals surface area contributed by atoms with Crippen LogP contribution in [-0.2, 0) is 6.61 Å². The molecule has 0 radical (unpaired) electrons. The van der Waals surface area contributed by atoms with E-state index in [9.17, 15) is 4.79 Å². The van der Waals surface area contributed by atoms with Gasteiger partial charge >= 0.3 is 0 Å². The number of hydrogen-bond acceptors (Lipinski definition) is 4. The number of nitrogens with zero attached hydrogens (tertiary/aromatic N) is 2. The van der Waals surface area contributed by atoms with Crippen molar-refractivity contribution in [2.75, 3.05) is 31.1 Å². The largest absolute Gasteiger partial charge is 0.489 e. The highest BCUT2D eigenvalue weighted by Gasteiger charge is 2.35. The maximum atomic E-state index is 12.7. The van der Waals surface area contributed by atoms with Crippen LogP contribution in [-0.4, -0.2) is 30.7 Å². The molecule has 1 aromatic heterocycles. The summed E-state index contributed by atoms with van der Waals surface area (Å²) in [5.74, 6) is 0.589. The van der Waals surface area contributed by atoms with Crippen molar-refractivity contribution in [1.29, 1.82) is 0 Å². The molecule has 3 heterocycles. The lowest BCUT2D eigenvalue weighted by molar-refractivity contribution is 0.161. The molecular formula is C27H31N3O2. The molecule has 2 aliphatic rings. The number of aromatic nitrogens is 1. The zero-order valence-electron chi connectivity index (χ0n) is 18.5. The van der Waals surface area contributed by atoms with E-state index in [2.05, 4.69) is 22.3 Å². The number of nitrogens with one attached hydrogen (secondary N) is 1. The van der Waals surface area contributed by atoms with Crippen LogP contribution in [0.15, 0.2) is 77.7 Å². The summed E-state index contributed by atoms with van der Waals surface area (Å²) in [6.07, 6.45) is 6.97. The molecule has 5 nitrogen and oxygen atoms in total. The lowest BCUT2D eigenvalue weighted by atomic mass is 9.73. The number of benzene rings is 2. The third-order valence-corrected chi connectivity index (χ3v) is 7.02. The average Bonchev–Trinajstić information content (AvgIpc) is 2.85. The highest BCUT2D eigenvalue weighted by molar-refractivity contribution is 5.51. The fourth-order valence-electron chi connectivity index (χ4n) is 5.03. The molecule has 5 rings (SSSR count). The first kappa shape index (κ1) is 20.8. The predicted molar refractivity (Wildman–Crippen MR) is 129 cm³/mol. The van der Waals surface area contributed by atoms with E-state index < -0.39 is 0 Å². The highest BCUT2D eigenvalue weighted by atomic mass is 16.5. The quantitative estimate of drug-likeness (QED) is 0.654. The second kappa shape index (κ2) is 9.21. The first-order valence-electron chi connectivity index (χ1n) is 11.7. The van der Waals surface area contributed by atoms with Gasteiger partial charge in [0.25, 0.3) is 5.56 Å². The molecule has 2 saturated heterocycles. The molecule has 0 unspecified atom stereocenters. The Morgan fingerprint density at radius 2 is 1.66 bits per heavy atom. The fraction of sp³-hybridized carbons (Fsp3) is 0.370. The smallest absolute Gasteiger partial charge is 0.258 e. The van der Waals surface area contributed by atoms with E-state index in [0.717, 1.165) is 24.3 Å². The van der Waals surface area contributed by atoms with E-state index in [-0.39, 0.29) is 5.56 Å². The molecule has 166 valence electrons. The van der Waals surface area contributed by atoms with E-state index in [1.807, 2.05) is 48.5 Å². The first-order valence-corrected chi connectivity index (χ1v) is 11.7. The molecule has 0 aliphatic carbocycles. The molecule has 5 heteroatoms. The Balaban J connectivity index is 1.22. The minimum atomic E-state index is -0.0898. The monoisotopic (exact) mass is 429 g/mol. The van der Waals surface area contributed by atoms with Crippen molar-refractivity contribution in [3.8, 4) is 11.4 Å². The Morgan fingerprint density at radius 1 is 0.906 bits per heavy atom. The van der Waals surface area contributed by atoms with Gasteiger partial charge in [0.05, 0.1) is 0 Å². The SMILES string of the molecule is O=c1cc(OCc2ccccc2)ccn1-c1ccc(N2CCC3(CCCNC3)CC2)cc1. The summed E-state index contributed by atoms with van der Waals surface area (Å²) in [6, 6.07) is 21.7. The van der Waals surface area contributed by atoms with Gasteiger partial charge in [0, 0.05) is 43.3 Å². The van der Waals surface area contributed by atoms with Crippen molar-refractivity contribution in [3.05, 3.63) is 88.8 Å². The van der Waals surface area contributed by atoms with Gasteiger partial charge in [-0.25, -0.2) is 0 Å². The second-order valence-electron chi connectivity index (χ2n) is 9.13. The Bertz CT molecular complexity index is 1080. The van der Waals surface area contributed by atoms with Crippen LogP contribution in [0, 0.1) is 5.41 Å². The van der Waals surface area contributed by atoms with Gasteiger partial charge in [-0.1, -0.05) is 30.3 Å². The Morgan fingerprint density at radius 3 is 2.34 bits per heavy atom. The molecule has 0 amide bonds. The summed E-state index contributed by atoms with van der Waals surface area (Å²) in [4.78, 5) is 15.2. The Hall–Kier alpha value is -3.05. The highest BCUT2D eigenvalue weighted by Crippen LogP contribution is 2.38. The average molecular weight is 430 g/mol. The van der Waals surface area contributed by atoms with Crippen LogP contribution in [0.5, 0.6) is 5.75 Å². The van der Waals surface area contributed by atoms with E-state index in [1.165, 1.54) is 44.5 Å². The van der Waals surface area contributed by atoms with Crippen molar-refractivity contribution in [1.82, 2.24) is 9.88 Å². The van der Waals surface area contributed by atoms with E-state index in [1.54, 1.807) is 16.8 Å². The topological polar surface area (TPSA) is 46.5 Å². The predicted octanol–water partition coefficient (Wildman–Crippen LogP) is 4.39.